The zero-order valence-electron chi connectivity index (χ0n) is 8.23. The summed E-state index contributed by atoms with van der Waals surface area (Å²) >= 11 is 0. The number of nitrogens with zero attached hydrogens (tertiary/aromatic N) is 3. The van der Waals surface area contributed by atoms with Crippen LogP contribution < -0.4 is 0 Å². The topological polar surface area (TPSA) is 48.5 Å². The summed E-state index contributed by atoms with van der Waals surface area (Å²) in [5.41, 5.74) is -0.108. The Bertz CT molecular complexity index is 406. The van der Waals surface area contributed by atoms with Crippen LogP contribution in [0.2, 0.25) is 0 Å². The zero-order valence-corrected chi connectivity index (χ0v) is 8.23. The highest BCUT2D eigenvalue weighted by Crippen LogP contribution is 2.46. The highest BCUT2D eigenvalue weighted by molar-refractivity contribution is 5.36. The molecule has 1 aliphatic heterocycles. The minimum atomic E-state index is -0.853. The molecule has 0 aromatic heterocycles. The Morgan fingerprint density at radius 3 is 2.21 bits per heavy atom. The van der Waals surface area contributed by atoms with Crippen molar-refractivity contribution in [1.82, 2.24) is 0 Å². The summed E-state index contributed by atoms with van der Waals surface area (Å²) in [6.07, 6.45) is 0. The van der Waals surface area contributed by atoms with Crippen molar-refractivity contribution >= 4 is 0 Å². The molecular weight excluding hydrogens is 174 g/mol. The van der Waals surface area contributed by atoms with E-state index in [1.807, 2.05) is 44.2 Å². The lowest BCUT2D eigenvalue weighted by atomic mass is 9.76. The number of hydrogen-bond acceptors (Lipinski definition) is 3. The molecule has 1 aromatic carbocycles. The first-order valence-electron chi connectivity index (χ1n) is 4.53. The van der Waals surface area contributed by atoms with Crippen molar-refractivity contribution in [1.29, 1.82) is 5.26 Å². The largest absolute Gasteiger partial charge is 0.283 e. The van der Waals surface area contributed by atoms with Gasteiger partial charge >= 0.3 is 0 Å². The molecule has 1 heterocycles. The lowest BCUT2D eigenvalue weighted by Crippen LogP contribution is -2.35. The van der Waals surface area contributed by atoms with Crippen LogP contribution in [0.25, 0.3) is 0 Å². The first kappa shape index (κ1) is 8.89. The van der Waals surface area contributed by atoms with Crippen LogP contribution in [0.5, 0.6) is 0 Å². The zero-order chi connectivity index (χ0) is 10.2. The molecule has 3 heteroatoms. The Balaban J connectivity index is 2.40. The summed E-state index contributed by atoms with van der Waals surface area (Å²) in [5.74, 6) is 0. The molecule has 0 N–H and O–H groups in total. The average Bonchev–Trinajstić information content (AvgIpc) is 3.00. The SMILES string of the molecule is CC(C)(c1ccccc1)C1(C#N)N=N1. The number of rotatable bonds is 2. The minimum absolute atomic E-state index is 0.344. The minimum Gasteiger partial charge on any atom is -0.193 e. The van der Waals surface area contributed by atoms with E-state index in [9.17, 15) is 0 Å². The van der Waals surface area contributed by atoms with Crippen LogP contribution >= 0.6 is 0 Å². The third-order valence-corrected chi connectivity index (χ3v) is 2.82. The van der Waals surface area contributed by atoms with E-state index in [0.29, 0.717) is 0 Å². The van der Waals surface area contributed by atoms with Crippen molar-refractivity contribution in [3.8, 4) is 6.07 Å². The van der Waals surface area contributed by atoms with Crippen LogP contribution in [0.3, 0.4) is 0 Å². The van der Waals surface area contributed by atoms with Gasteiger partial charge in [-0.05, 0) is 5.56 Å². The monoisotopic (exact) mass is 185 g/mol. The first-order chi connectivity index (χ1) is 6.62. The lowest BCUT2D eigenvalue weighted by molar-refractivity contribution is 0.428. The van der Waals surface area contributed by atoms with Gasteiger partial charge < -0.3 is 0 Å². The summed E-state index contributed by atoms with van der Waals surface area (Å²) in [4.78, 5) is 0. The van der Waals surface area contributed by atoms with E-state index in [2.05, 4.69) is 16.3 Å². The van der Waals surface area contributed by atoms with Crippen LogP contribution in [0.1, 0.15) is 19.4 Å². The molecule has 0 saturated heterocycles. The number of nitriles is 1. The molecule has 1 aliphatic rings. The second-order valence-electron chi connectivity index (χ2n) is 3.98. The van der Waals surface area contributed by atoms with Crippen molar-refractivity contribution in [2.75, 3.05) is 0 Å². The van der Waals surface area contributed by atoms with Crippen molar-refractivity contribution in [2.45, 2.75) is 24.9 Å². The molecule has 3 nitrogen and oxygen atoms in total. The maximum absolute atomic E-state index is 9.02. The second kappa shape index (κ2) is 2.65. The molecule has 0 amide bonds. The van der Waals surface area contributed by atoms with Gasteiger partial charge in [-0.1, -0.05) is 44.2 Å². The van der Waals surface area contributed by atoms with Gasteiger partial charge in [0.1, 0.15) is 6.07 Å². The molecule has 0 aliphatic carbocycles. The fourth-order valence-electron chi connectivity index (χ4n) is 1.54. The Kier molecular flexibility index (Phi) is 1.68. The lowest BCUT2D eigenvalue weighted by Gasteiger charge is -2.26. The molecule has 0 spiro atoms. The standard InChI is InChI=1S/C11H11N3/c1-10(2,11(8-12)13-14-11)9-6-4-3-5-7-9/h3-7H,1-2H3. The third-order valence-electron chi connectivity index (χ3n) is 2.82. The van der Waals surface area contributed by atoms with Gasteiger partial charge in [0, 0.05) is 0 Å². The summed E-state index contributed by atoms with van der Waals surface area (Å²) in [6.45, 7) is 3.98. The van der Waals surface area contributed by atoms with Crippen molar-refractivity contribution < 1.29 is 0 Å². The van der Waals surface area contributed by atoms with E-state index in [0.717, 1.165) is 5.56 Å². The van der Waals surface area contributed by atoms with Crippen molar-refractivity contribution in [2.24, 2.45) is 10.2 Å². The molecule has 70 valence electrons. The normalized spacial score (nSPS) is 17.5. The van der Waals surface area contributed by atoms with Gasteiger partial charge in [0.2, 0.25) is 0 Å². The highest BCUT2D eigenvalue weighted by atomic mass is 15.4. The maximum atomic E-state index is 9.02. The summed E-state index contributed by atoms with van der Waals surface area (Å²) < 4.78 is 0. The van der Waals surface area contributed by atoms with Crippen LogP contribution in [0.4, 0.5) is 0 Å². The quantitative estimate of drug-likeness (QED) is 0.698. The molecular formula is C11H11N3. The smallest absolute Gasteiger partial charge is 0.193 e. The van der Waals surface area contributed by atoms with Crippen LogP contribution in [0, 0.1) is 11.3 Å². The van der Waals surface area contributed by atoms with Gasteiger partial charge in [-0.3, -0.25) is 0 Å². The average molecular weight is 185 g/mol. The Hall–Kier alpha value is -1.69. The summed E-state index contributed by atoms with van der Waals surface area (Å²) in [6, 6.07) is 12.0. The fraction of sp³-hybridized carbons (Fsp3) is 0.364. The van der Waals surface area contributed by atoms with Crippen molar-refractivity contribution in [3.63, 3.8) is 0 Å². The van der Waals surface area contributed by atoms with E-state index in [1.165, 1.54) is 0 Å². The Morgan fingerprint density at radius 2 is 1.79 bits per heavy atom. The maximum Gasteiger partial charge on any atom is 0.283 e. The van der Waals surface area contributed by atoms with Gasteiger partial charge in [0.15, 0.2) is 0 Å². The van der Waals surface area contributed by atoms with Gasteiger partial charge in [0.25, 0.3) is 5.66 Å². The van der Waals surface area contributed by atoms with Crippen LogP contribution in [-0.2, 0) is 5.41 Å². The van der Waals surface area contributed by atoms with E-state index in [4.69, 9.17) is 5.26 Å². The molecule has 0 bridgehead atoms. The Morgan fingerprint density at radius 1 is 1.21 bits per heavy atom. The predicted octanol–water partition coefficient (Wildman–Crippen LogP) is 2.65. The number of hydrogen-bond donors (Lipinski definition) is 0. The third kappa shape index (κ3) is 1.04. The molecule has 0 radical (unpaired) electrons. The van der Waals surface area contributed by atoms with E-state index in [-0.39, 0.29) is 5.41 Å². The molecule has 0 atom stereocenters. The van der Waals surface area contributed by atoms with E-state index < -0.39 is 5.66 Å². The fourth-order valence-corrected chi connectivity index (χ4v) is 1.54. The van der Waals surface area contributed by atoms with Crippen LogP contribution in [0.15, 0.2) is 40.6 Å². The predicted molar refractivity (Wildman–Crippen MR) is 52.7 cm³/mol. The van der Waals surface area contributed by atoms with E-state index in [1.54, 1.807) is 0 Å². The van der Waals surface area contributed by atoms with Gasteiger partial charge in [-0.25, -0.2) is 0 Å². The number of benzene rings is 1. The summed E-state index contributed by atoms with van der Waals surface area (Å²) in [5, 5.41) is 16.7. The molecule has 0 fully saturated rings. The van der Waals surface area contributed by atoms with Gasteiger partial charge in [-0.2, -0.15) is 5.26 Å². The molecule has 1 aromatic rings. The Labute approximate surface area is 83.1 Å². The van der Waals surface area contributed by atoms with Crippen molar-refractivity contribution in [3.05, 3.63) is 35.9 Å². The van der Waals surface area contributed by atoms with Crippen LogP contribution in [-0.4, -0.2) is 5.66 Å². The molecule has 0 unspecified atom stereocenters. The van der Waals surface area contributed by atoms with E-state index >= 15 is 0 Å². The molecule has 14 heavy (non-hydrogen) atoms. The molecule has 2 rings (SSSR count). The summed E-state index contributed by atoms with van der Waals surface area (Å²) in [7, 11) is 0. The van der Waals surface area contributed by atoms with Gasteiger partial charge in [-0.15, -0.1) is 10.2 Å². The highest BCUT2D eigenvalue weighted by Gasteiger charge is 2.55. The van der Waals surface area contributed by atoms with Gasteiger partial charge in [0.05, 0.1) is 5.41 Å². The molecule has 0 saturated carbocycles. The first-order valence-corrected chi connectivity index (χ1v) is 4.53. The second-order valence-corrected chi connectivity index (χ2v) is 3.98.